The summed E-state index contributed by atoms with van der Waals surface area (Å²) < 4.78 is 1.23. The van der Waals surface area contributed by atoms with Crippen molar-refractivity contribution in [2.45, 2.75) is 32.2 Å². The molecule has 0 aliphatic carbocycles. The molecular weight excluding hydrogens is 440 g/mol. The van der Waals surface area contributed by atoms with Crippen LogP contribution in [-0.2, 0) is 11.3 Å². The molecule has 1 fully saturated rings. The number of hydrogen-bond donors (Lipinski definition) is 0. The van der Waals surface area contributed by atoms with Crippen molar-refractivity contribution in [1.82, 2.24) is 24.6 Å². The Morgan fingerprint density at radius 1 is 1.18 bits per heavy atom. The molecule has 8 nitrogen and oxygen atoms in total. The fraction of sp³-hybridized carbons (Fsp3) is 0.375. The van der Waals surface area contributed by atoms with Crippen LogP contribution in [0.2, 0.25) is 5.02 Å². The Bertz CT molecular complexity index is 1210. The second-order valence-corrected chi connectivity index (χ2v) is 8.96. The molecule has 1 aromatic carbocycles. The van der Waals surface area contributed by atoms with E-state index < -0.39 is 0 Å². The number of anilines is 1. The number of likely N-dealkylation sites (tertiary alicyclic amines) is 1. The number of aryl methyl sites for hydroxylation is 1. The fourth-order valence-electron chi connectivity index (χ4n) is 4.08. The topological polar surface area (TPSA) is 84.2 Å². The van der Waals surface area contributed by atoms with Gasteiger partial charge in [-0.2, -0.15) is 5.10 Å². The molecule has 0 N–H and O–H groups in total. The van der Waals surface area contributed by atoms with Crippen LogP contribution in [0, 0.1) is 6.92 Å². The van der Waals surface area contributed by atoms with Gasteiger partial charge in [-0.05, 0) is 43.5 Å². The number of amides is 1. The van der Waals surface area contributed by atoms with E-state index in [0.717, 1.165) is 29.7 Å². The second kappa shape index (κ2) is 9.70. The largest absolute Gasteiger partial charge is 0.347 e. The Kier molecular flexibility index (Phi) is 6.74. The summed E-state index contributed by atoms with van der Waals surface area (Å²) in [5.41, 5.74) is 3.26. The smallest absolute Gasteiger partial charge is 0.267 e. The number of carbonyl (C=O) groups is 1. The van der Waals surface area contributed by atoms with Gasteiger partial charge in [-0.25, -0.2) is 14.6 Å². The van der Waals surface area contributed by atoms with Crippen LogP contribution in [0.25, 0.3) is 11.1 Å². The lowest BCUT2D eigenvalue weighted by Crippen LogP contribution is -2.42. The van der Waals surface area contributed by atoms with Crippen molar-refractivity contribution < 1.29 is 4.79 Å². The number of aromatic nitrogens is 4. The molecule has 1 amide bonds. The van der Waals surface area contributed by atoms with Crippen molar-refractivity contribution in [2.24, 2.45) is 0 Å². The van der Waals surface area contributed by atoms with Crippen molar-refractivity contribution in [3.05, 3.63) is 69.4 Å². The Balaban J connectivity index is 1.62. The average molecular weight is 467 g/mol. The minimum atomic E-state index is -0.279. The van der Waals surface area contributed by atoms with Crippen LogP contribution in [0.4, 0.5) is 5.95 Å². The van der Waals surface area contributed by atoms with E-state index in [9.17, 15) is 9.59 Å². The highest BCUT2D eigenvalue weighted by atomic mass is 35.5. The van der Waals surface area contributed by atoms with Crippen LogP contribution in [0.1, 0.15) is 30.1 Å². The number of hydrogen-bond acceptors (Lipinski definition) is 6. The summed E-state index contributed by atoms with van der Waals surface area (Å²) in [6.45, 7) is 2.92. The predicted octanol–water partition coefficient (Wildman–Crippen LogP) is 3.13. The third-order valence-electron chi connectivity index (χ3n) is 5.81. The highest BCUT2D eigenvalue weighted by molar-refractivity contribution is 6.30. The van der Waals surface area contributed by atoms with Gasteiger partial charge >= 0.3 is 0 Å². The molecule has 3 heterocycles. The third kappa shape index (κ3) is 5.22. The first-order valence-corrected chi connectivity index (χ1v) is 11.3. The molecule has 1 saturated heterocycles. The Morgan fingerprint density at radius 2 is 1.94 bits per heavy atom. The second-order valence-electron chi connectivity index (χ2n) is 8.52. The van der Waals surface area contributed by atoms with Gasteiger partial charge in [0.2, 0.25) is 11.9 Å². The maximum atomic E-state index is 13.0. The van der Waals surface area contributed by atoms with E-state index in [4.69, 9.17) is 16.6 Å². The molecule has 0 unspecified atom stereocenters. The zero-order valence-electron chi connectivity index (χ0n) is 19.0. The normalized spacial score (nSPS) is 16.0. The van der Waals surface area contributed by atoms with Crippen LogP contribution in [0.3, 0.4) is 0 Å². The quantitative estimate of drug-likeness (QED) is 0.574. The lowest BCUT2D eigenvalue weighted by atomic mass is 9.90. The minimum absolute atomic E-state index is 0.0530. The minimum Gasteiger partial charge on any atom is -0.347 e. The Morgan fingerprint density at radius 3 is 2.67 bits per heavy atom. The lowest BCUT2D eigenvalue weighted by molar-refractivity contribution is -0.133. The molecule has 4 rings (SSSR count). The van der Waals surface area contributed by atoms with Crippen LogP contribution < -0.4 is 10.5 Å². The molecule has 0 radical (unpaired) electrons. The van der Waals surface area contributed by atoms with Gasteiger partial charge in [0.25, 0.3) is 5.56 Å². The van der Waals surface area contributed by atoms with Gasteiger partial charge in [0.15, 0.2) is 0 Å². The van der Waals surface area contributed by atoms with Gasteiger partial charge in [-0.1, -0.05) is 23.7 Å². The van der Waals surface area contributed by atoms with Crippen LogP contribution in [-0.4, -0.2) is 57.7 Å². The summed E-state index contributed by atoms with van der Waals surface area (Å²) in [7, 11) is 3.81. The molecule has 33 heavy (non-hydrogen) atoms. The number of benzene rings is 1. The molecule has 0 saturated carbocycles. The first kappa shape index (κ1) is 22.9. The molecule has 9 heteroatoms. The monoisotopic (exact) mass is 466 g/mol. The molecule has 2 aromatic heterocycles. The third-order valence-corrected chi connectivity index (χ3v) is 6.06. The highest BCUT2D eigenvalue weighted by Gasteiger charge is 2.28. The van der Waals surface area contributed by atoms with Gasteiger partial charge in [0.1, 0.15) is 6.54 Å². The molecule has 1 atom stereocenters. The zero-order valence-corrected chi connectivity index (χ0v) is 19.8. The van der Waals surface area contributed by atoms with E-state index in [0.29, 0.717) is 29.8 Å². The summed E-state index contributed by atoms with van der Waals surface area (Å²) in [5.74, 6) is 0.564. The van der Waals surface area contributed by atoms with Crippen molar-refractivity contribution >= 4 is 23.5 Å². The van der Waals surface area contributed by atoms with Crippen molar-refractivity contribution in [2.75, 3.05) is 32.1 Å². The van der Waals surface area contributed by atoms with E-state index in [-0.39, 0.29) is 23.9 Å². The maximum absolute atomic E-state index is 13.0. The van der Waals surface area contributed by atoms with Crippen molar-refractivity contribution in [3.63, 3.8) is 0 Å². The predicted molar refractivity (Wildman–Crippen MR) is 129 cm³/mol. The number of carbonyl (C=O) groups excluding carboxylic acids is 1. The van der Waals surface area contributed by atoms with Crippen LogP contribution in [0.5, 0.6) is 0 Å². The first-order valence-electron chi connectivity index (χ1n) is 10.9. The maximum Gasteiger partial charge on any atom is 0.267 e. The molecule has 172 valence electrons. The van der Waals surface area contributed by atoms with Crippen molar-refractivity contribution in [3.8, 4) is 11.1 Å². The molecule has 3 aromatic rings. The van der Waals surface area contributed by atoms with E-state index in [1.54, 1.807) is 13.0 Å². The van der Waals surface area contributed by atoms with E-state index >= 15 is 0 Å². The number of piperidine rings is 1. The summed E-state index contributed by atoms with van der Waals surface area (Å²) in [6.07, 6.45) is 3.61. The van der Waals surface area contributed by atoms with Gasteiger partial charge in [-0.15, -0.1) is 0 Å². The molecule has 0 bridgehead atoms. The van der Waals surface area contributed by atoms with Crippen LogP contribution >= 0.6 is 11.6 Å². The Labute approximate surface area is 197 Å². The summed E-state index contributed by atoms with van der Waals surface area (Å²) in [4.78, 5) is 38.2. The zero-order chi connectivity index (χ0) is 23.5. The highest BCUT2D eigenvalue weighted by Crippen LogP contribution is 2.34. The Hall–Kier alpha value is -3.26. The van der Waals surface area contributed by atoms with Gasteiger partial charge < -0.3 is 9.80 Å². The van der Waals surface area contributed by atoms with Crippen LogP contribution in [0.15, 0.2) is 47.4 Å². The molecule has 1 aliphatic heterocycles. The van der Waals surface area contributed by atoms with E-state index in [2.05, 4.69) is 10.1 Å². The standard InChI is InChI=1S/C24H27ClN6O2/c1-16-6-11-21(32)31(28-16)15-22(33)30-12-4-5-18(14-30)23-20(13-26-24(27-23)29(2)3)17-7-9-19(25)10-8-17/h6-11,13,18H,4-5,12,14-15H2,1-3H3/t18-/m0/s1. The number of rotatable bonds is 5. The van der Waals surface area contributed by atoms with E-state index in [1.165, 1.54) is 10.7 Å². The first-order chi connectivity index (χ1) is 15.8. The summed E-state index contributed by atoms with van der Waals surface area (Å²) >= 11 is 6.08. The fourth-order valence-corrected chi connectivity index (χ4v) is 4.21. The molecule has 0 spiro atoms. The molecule has 1 aliphatic rings. The van der Waals surface area contributed by atoms with Gasteiger partial charge in [-0.3, -0.25) is 9.59 Å². The van der Waals surface area contributed by atoms with Gasteiger partial charge in [0.05, 0.1) is 11.4 Å². The van der Waals surface area contributed by atoms with E-state index in [1.807, 2.05) is 54.4 Å². The molecular formula is C24H27ClN6O2. The van der Waals surface area contributed by atoms with Crippen molar-refractivity contribution in [1.29, 1.82) is 0 Å². The SMILES string of the molecule is Cc1ccc(=O)n(CC(=O)N2CCC[C@H](c3nc(N(C)C)ncc3-c3ccc(Cl)cc3)C2)n1. The lowest BCUT2D eigenvalue weighted by Gasteiger charge is -2.33. The number of halogens is 1. The summed E-state index contributed by atoms with van der Waals surface area (Å²) in [6, 6.07) is 10.7. The number of nitrogens with zero attached hydrogens (tertiary/aromatic N) is 6. The average Bonchev–Trinajstić information content (AvgIpc) is 2.81. The van der Waals surface area contributed by atoms with Gasteiger partial charge in [0, 0.05) is 56.0 Å². The summed E-state index contributed by atoms with van der Waals surface area (Å²) in [5, 5.41) is 4.86.